The van der Waals surface area contributed by atoms with Crippen LogP contribution in [-0.4, -0.2) is 57.1 Å². The number of cyclic esters (lactones) is 1. The van der Waals surface area contributed by atoms with Crippen LogP contribution in [0.4, 0.5) is 4.79 Å². The van der Waals surface area contributed by atoms with Crippen LogP contribution < -0.4 is 0 Å². The fourth-order valence-electron chi connectivity index (χ4n) is 7.11. The van der Waals surface area contributed by atoms with Gasteiger partial charge in [0.15, 0.2) is 0 Å². The molecule has 1 saturated heterocycles. The van der Waals surface area contributed by atoms with Crippen LogP contribution in [0, 0.1) is 19.8 Å². The Morgan fingerprint density at radius 3 is 2.48 bits per heavy atom. The maximum atomic E-state index is 13.4. The molecule has 2 aliphatic carbocycles. The quantitative estimate of drug-likeness (QED) is 0.269. The van der Waals surface area contributed by atoms with Crippen LogP contribution in [-0.2, 0) is 19.0 Å². The van der Waals surface area contributed by atoms with Crippen molar-refractivity contribution in [2.24, 2.45) is 5.92 Å². The summed E-state index contributed by atoms with van der Waals surface area (Å²) in [5, 5.41) is 4.16. The predicted molar refractivity (Wildman–Crippen MR) is 165 cm³/mol. The molecular weight excluding hydrogens is 560 g/mol. The highest BCUT2D eigenvalue weighted by Gasteiger charge is 2.40. The summed E-state index contributed by atoms with van der Waals surface area (Å²) in [6, 6.07) is 6.33. The molecule has 236 valence electrons. The van der Waals surface area contributed by atoms with E-state index in [9.17, 15) is 9.59 Å². The summed E-state index contributed by atoms with van der Waals surface area (Å²) in [4.78, 5) is 33.3. The number of fused-ring (bicyclic) bond motifs is 1. The number of nitrogens with zero attached hydrogens (tertiary/aromatic N) is 4. The van der Waals surface area contributed by atoms with E-state index in [1.165, 1.54) is 0 Å². The summed E-state index contributed by atoms with van der Waals surface area (Å²) in [5.74, 6) is 1.24. The Hall–Kier alpha value is -3.66. The first-order valence-electron chi connectivity index (χ1n) is 15.9. The van der Waals surface area contributed by atoms with Crippen LogP contribution in [0.25, 0.3) is 22.2 Å². The summed E-state index contributed by atoms with van der Waals surface area (Å²) < 4.78 is 24.8. The van der Waals surface area contributed by atoms with Gasteiger partial charge in [-0.3, -0.25) is 9.69 Å². The van der Waals surface area contributed by atoms with Crippen LogP contribution >= 0.6 is 0 Å². The van der Waals surface area contributed by atoms with Crippen molar-refractivity contribution in [1.82, 2.24) is 19.6 Å². The van der Waals surface area contributed by atoms with E-state index in [4.69, 9.17) is 23.7 Å². The molecule has 0 spiro atoms. The third-order valence-electron chi connectivity index (χ3n) is 9.24. The largest absolute Gasteiger partial charge is 0.460 e. The molecule has 1 amide bonds. The second kappa shape index (κ2) is 12.0. The van der Waals surface area contributed by atoms with Crippen molar-refractivity contribution in [3.05, 3.63) is 47.3 Å². The van der Waals surface area contributed by atoms with Crippen LogP contribution in [0.5, 0.6) is 0 Å². The molecule has 0 radical (unpaired) electrons. The lowest BCUT2D eigenvalue weighted by Crippen LogP contribution is -2.42. The highest BCUT2D eigenvalue weighted by atomic mass is 16.6. The molecule has 1 saturated carbocycles. The fourth-order valence-corrected chi connectivity index (χ4v) is 7.11. The summed E-state index contributed by atoms with van der Waals surface area (Å²) in [7, 11) is 1.79. The molecule has 3 aliphatic rings. The molecule has 10 nitrogen and oxygen atoms in total. The van der Waals surface area contributed by atoms with Crippen LogP contribution in [0.3, 0.4) is 0 Å². The number of aromatic nitrogens is 3. The Morgan fingerprint density at radius 2 is 1.84 bits per heavy atom. The smallest absolute Gasteiger partial charge is 0.414 e. The Morgan fingerprint density at radius 1 is 1.07 bits per heavy atom. The zero-order valence-corrected chi connectivity index (χ0v) is 26.7. The average molecular weight is 605 g/mol. The third-order valence-corrected chi connectivity index (χ3v) is 9.24. The number of methoxy groups -OCH3 is 1. The Labute approximate surface area is 258 Å². The van der Waals surface area contributed by atoms with Gasteiger partial charge in [0.1, 0.15) is 23.2 Å². The van der Waals surface area contributed by atoms with Crippen molar-refractivity contribution in [1.29, 1.82) is 0 Å². The van der Waals surface area contributed by atoms with Gasteiger partial charge in [0.05, 0.1) is 35.4 Å². The number of hydrogen-bond donors (Lipinski definition) is 0. The zero-order valence-electron chi connectivity index (χ0n) is 26.7. The van der Waals surface area contributed by atoms with Gasteiger partial charge < -0.3 is 23.3 Å². The van der Waals surface area contributed by atoms with E-state index < -0.39 is 5.60 Å². The number of carbonyl (C=O) groups is 2. The van der Waals surface area contributed by atoms with Crippen molar-refractivity contribution in [2.75, 3.05) is 13.7 Å². The van der Waals surface area contributed by atoms with E-state index in [2.05, 4.69) is 27.9 Å². The maximum absolute atomic E-state index is 13.4. The molecule has 3 aromatic rings. The van der Waals surface area contributed by atoms with Gasteiger partial charge in [-0.1, -0.05) is 17.3 Å². The minimum Gasteiger partial charge on any atom is -0.460 e. The number of hydrogen-bond acceptors (Lipinski definition) is 8. The van der Waals surface area contributed by atoms with Gasteiger partial charge >= 0.3 is 12.1 Å². The molecule has 10 heteroatoms. The van der Waals surface area contributed by atoms with Gasteiger partial charge in [-0.25, -0.2) is 9.78 Å². The van der Waals surface area contributed by atoms with E-state index in [0.29, 0.717) is 32.3 Å². The molecule has 3 heterocycles. The lowest BCUT2D eigenvalue weighted by Gasteiger charge is -2.39. The van der Waals surface area contributed by atoms with Crippen molar-refractivity contribution in [3.63, 3.8) is 0 Å². The summed E-state index contributed by atoms with van der Waals surface area (Å²) >= 11 is 0. The summed E-state index contributed by atoms with van der Waals surface area (Å²) in [6.45, 7) is 9.86. The third kappa shape index (κ3) is 5.88. The van der Waals surface area contributed by atoms with Crippen molar-refractivity contribution < 1.29 is 28.3 Å². The Balaban J connectivity index is 1.38. The lowest BCUT2D eigenvalue weighted by atomic mass is 9.90. The van der Waals surface area contributed by atoms with Crippen molar-refractivity contribution in [3.8, 4) is 11.1 Å². The van der Waals surface area contributed by atoms with Gasteiger partial charge in [-0.2, -0.15) is 0 Å². The maximum Gasteiger partial charge on any atom is 0.414 e. The van der Waals surface area contributed by atoms with Gasteiger partial charge in [0.25, 0.3) is 0 Å². The Kier molecular flexibility index (Phi) is 8.30. The van der Waals surface area contributed by atoms with Gasteiger partial charge in [-0.05, 0) is 97.3 Å². The number of amides is 1. The molecule has 2 fully saturated rings. The Bertz CT molecular complexity index is 1550. The van der Waals surface area contributed by atoms with Crippen LogP contribution in [0.1, 0.15) is 102 Å². The van der Waals surface area contributed by atoms with E-state index >= 15 is 0 Å². The number of allylic oxidation sites excluding steroid dienone is 2. The molecular formula is C34H44N4O6. The van der Waals surface area contributed by atoms with Crippen molar-refractivity contribution >= 4 is 23.1 Å². The molecule has 0 N–H and O–H groups in total. The van der Waals surface area contributed by atoms with Crippen LogP contribution in [0.2, 0.25) is 0 Å². The molecule has 1 aromatic carbocycles. The SMILES string of the molecule is CO[C@H]1CC[C@H](n2c([C@@H]3CCOC(=O)N3C3=CCC(C(=O)OC(C)(C)C)CC3)nc3cc(-c4c(C)noc4C)ccc32)CC1. The van der Waals surface area contributed by atoms with Crippen molar-refractivity contribution in [2.45, 2.75) is 110 Å². The second-order valence-corrected chi connectivity index (χ2v) is 13.4. The number of ether oxygens (including phenoxy) is 3. The fraction of sp³-hybridized carbons (Fsp3) is 0.588. The molecule has 2 aromatic heterocycles. The molecule has 6 rings (SSSR count). The standard InChI is InChI=1S/C34H44N4O6/c1-20-30(21(2)44-36-20)23-9-16-28-27(19-23)35-31(37(28)24-12-14-26(41-6)15-13-24)29-17-18-42-33(40)38(29)25-10-7-22(8-11-25)32(39)43-34(3,4)5/h9-10,16,19,22,24,26,29H,7-8,11-15,17-18H2,1-6H3/t22?,24-,26-,29-/m0/s1. The number of aryl methyl sites for hydroxylation is 2. The first-order chi connectivity index (χ1) is 21.0. The van der Waals surface area contributed by atoms with E-state index in [0.717, 1.165) is 70.8 Å². The highest BCUT2D eigenvalue weighted by molar-refractivity contribution is 5.84. The first kappa shape index (κ1) is 30.4. The van der Waals surface area contributed by atoms with E-state index in [-0.39, 0.29) is 36.2 Å². The number of imidazole rings is 1. The van der Waals surface area contributed by atoms with Gasteiger partial charge in [0.2, 0.25) is 0 Å². The van der Waals surface area contributed by atoms with Gasteiger partial charge in [-0.15, -0.1) is 0 Å². The lowest BCUT2D eigenvalue weighted by molar-refractivity contribution is -0.160. The molecule has 44 heavy (non-hydrogen) atoms. The monoisotopic (exact) mass is 604 g/mol. The average Bonchev–Trinajstić information content (AvgIpc) is 3.54. The second-order valence-electron chi connectivity index (χ2n) is 13.4. The van der Waals surface area contributed by atoms with E-state index in [1.54, 1.807) is 12.0 Å². The predicted octanol–water partition coefficient (Wildman–Crippen LogP) is 7.35. The van der Waals surface area contributed by atoms with E-state index in [1.807, 2.05) is 40.7 Å². The first-order valence-corrected chi connectivity index (χ1v) is 15.9. The zero-order chi connectivity index (χ0) is 31.2. The molecule has 1 aliphatic heterocycles. The number of rotatable bonds is 6. The number of carbonyl (C=O) groups excluding carboxylic acids is 2. The van der Waals surface area contributed by atoms with Gasteiger partial charge in [0, 0.05) is 30.8 Å². The topological polar surface area (TPSA) is 109 Å². The number of esters is 1. The summed E-state index contributed by atoms with van der Waals surface area (Å²) in [6.07, 6.45) is 8.19. The highest BCUT2D eigenvalue weighted by Crippen LogP contribution is 2.42. The molecule has 1 unspecified atom stereocenters. The summed E-state index contributed by atoms with van der Waals surface area (Å²) in [5.41, 5.74) is 5.13. The minimum absolute atomic E-state index is 0.187. The molecule has 2 atom stereocenters. The normalized spacial score (nSPS) is 24.7. The number of benzene rings is 1. The minimum atomic E-state index is -0.532. The van der Waals surface area contributed by atoms with Crippen LogP contribution in [0.15, 0.2) is 34.5 Å². The molecule has 0 bridgehead atoms.